The van der Waals surface area contributed by atoms with Gasteiger partial charge < -0.3 is 9.15 Å². The predicted octanol–water partition coefficient (Wildman–Crippen LogP) is 5.78. The van der Waals surface area contributed by atoms with Crippen LogP contribution in [0.25, 0.3) is 6.08 Å². The van der Waals surface area contributed by atoms with Gasteiger partial charge >= 0.3 is 0 Å². The van der Waals surface area contributed by atoms with Crippen LogP contribution in [0.15, 0.2) is 59.0 Å². The van der Waals surface area contributed by atoms with Crippen LogP contribution in [0.4, 0.5) is 0 Å². The summed E-state index contributed by atoms with van der Waals surface area (Å²) in [5.41, 5.74) is 1.07. The zero-order valence-corrected chi connectivity index (χ0v) is 14.6. The van der Waals surface area contributed by atoms with Gasteiger partial charge in [0, 0.05) is 0 Å². The average molecular weight is 359 g/mol. The van der Waals surface area contributed by atoms with E-state index in [2.05, 4.69) is 0 Å². The largest absolute Gasteiger partial charge is 0.485 e. The molecule has 0 saturated carbocycles. The van der Waals surface area contributed by atoms with Crippen molar-refractivity contribution in [3.63, 3.8) is 0 Å². The number of para-hydroxylation sites is 1. The van der Waals surface area contributed by atoms with Gasteiger partial charge in [-0.15, -0.1) is 11.3 Å². The molecule has 2 heterocycles. The fourth-order valence-electron chi connectivity index (χ4n) is 2.12. The number of carbonyl (C=O) groups is 1. The summed E-state index contributed by atoms with van der Waals surface area (Å²) in [6, 6.07) is 14.9. The summed E-state index contributed by atoms with van der Waals surface area (Å²) in [6.45, 7) is 2.33. The third kappa shape index (κ3) is 4.16. The van der Waals surface area contributed by atoms with Crippen LogP contribution in [0.5, 0.6) is 5.75 Å². The SMILES string of the molecule is Cc1ccccc1OCc1ccc(/C=C/C(=O)c2ccc(Cl)s2)o1. The summed E-state index contributed by atoms with van der Waals surface area (Å²) in [5.74, 6) is 2.04. The smallest absolute Gasteiger partial charge is 0.195 e. The van der Waals surface area contributed by atoms with Crippen LogP contribution in [0.1, 0.15) is 26.8 Å². The van der Waals surface area contributed by atoms with Gasteiger partial charge in [-0.25, -0.2) is 0 Å². The molecule has 1 aromatic carbocycles. The molecule has 24 heavy (non-hydrogen) atoms. The van der Waals surface area contributed by atoms with E-state index in [0.717, 1.165) is 11.3 Å². The van der Waals surface area contributed by atoms with E-state index in [1.54, 1.807) is 18.2 Å². The fraction of sp³-hybridized carbons (Fsp3) is 0.105. The lowest BCUT2D eigenvalue weighted by Crippen LogP contribution is -1.95. The number of benzene rings is 1. The summed E-state index contributed by atoms with van der Waals surface area (Å²) in [4.78, 5) is 12.6. The second-order valence-corrected chi connectivity index (χ2v) is 6.87. The maximum absolute atomic E-state index is 12.0. The average Bonchev–Trinajstić information content (AvgIpc) is 3.21. The molecule has 0 saturated heterocycles. The number of ether oxygens (including phenoxy) is 1. The monoisotopic (exact) mass is 358 g/mol. The summed E-state index contributed by atoms with van der Waals surface area (Å²) < 4.78 is 12.0. The summed E-state index contributed by atoms with van der Waals surface area (Å²) in [5, 5.41) is 0. The zero-order valence-electron chi connectivity index (χ0n) is 13.0. The Labute approximate surface area is 149 Å². The molecular formula is C19H15ClO3S. The van der Waals surface area contributed by atoms with Crippen LogP contribution in [0.2, 0.25) is 4.34 Å². The van der Waals surface area contributed by atoms with Gasteiger partial charge in [0.2, 0.25) is 0 Å². The first-order valence-corrected chi connectivity index (χ1v) is 8.56. The van der Waals surface area contributed by atoms with Crippen LogP contribution in [0.3, 0.4) is 0 Å². The van der Waals surface area contributed by atoms with E-state index in [4.69, 9.17) is 20.8 Å². The quantitative estimate of drug-likeness (QED) is 0.414. The van der Waals surface area contributed by atoms with Crippen molar-refractivity contribution in [2.45, 2.75) is 13.5 Å². The van der Waals surface area contributed by atoms with Crippen LogP contribution in [0, 0.1) is 6.92 Å². The number of hydrogen-bond acceptors (Lipinski definition) is 4. The van der Waals surface area contributed by atoms with Crippen molar-refractivity contribution in [2.24, 2.45) is 0 Å². The molecule has 5 heteroatoms. The molecule has 0 spiro atoms. The van der Waals surface area contributed by atoms with Crippen LogP contribution < -0.4 is 4.74 Å². The number of furan rings is 1. The Morgan fingerprint density at radius 1 is 1.21 bits per heavy atom. The molecule has 3 aromatic rings. The first kappa shape index (κ1) is 16.6. The van der Waals surface area contributed by atoms with Crippen LogP contribution in [-0.4, -0.2) is 5.78 Å². The highest BCUT2D eigenvalue weighted by atomic mass is 35.5. The van der Waals surface area contributed by atoms with Gasteiger partial charge in [0.15, 0.2) is 5.78 Å². The predicted molar refractivity (Wildman–Crippen MR) is 96.9 cm³/mol. The minimum Gasteiger partial charge on any atom is -0.485 e. The van der Waals surface area contributed by atoms with Gasteiger partial charge in [0.25, 0.3) is 0 Å². The number of halogens is 1. The molecule has 0 atom stereocenters. The highest BCUT2D eigenvalue weighted by Gasteiger charge is 2.06. The van der Waals surface area contributed by atoms with Crippen molar-refractivity contribution in [3.8, 4) is 5.75 Å². The summed E-state index contributed by atoms with van der Waals surface area (Å²) >= 11 is 7.09. The molecular weight excluding hydrogens is 344 g/mol. The number of aryl methyl sites for hydroxylation is 1. The van der Waals surface area contributed by atoms with Gasteiger partial charge in [0.1, 0.15) is 23.9 Å². The van der Waals surface area contributed by atoms with Gasteiger partial charge in [-0.1, -0.05) is 29.8 Å². The lowest BCUT2D eigenvalue weighted by molar-refractivity contribution is 0.105. The molecule has 0 N–H and O–H groups in total. The molecule has 0 aliphatic carbocycles. The molecule has 0 fully saturated rings. The number of thiophene rings is 1. The molecule has 2 aromatic heterocycles. The van der Waals surface area contributed by atoms with E-state index in [9.17, 15) is 4.79 Å². The van der Waals surface area contributed by atoms with E-state index < -0.39 is 0 Å². The van der Waals surface area contributed by atoms with E-state index in [0.29, 0.717) is 27.3 Å². The Bertz CT molecular complexity index is 876. The van der Waals surface area contributed by atoms with Crippen LogP contribution >= 0.6 is 22.9 Å². The van der Waals surface area contributed by atoms with E-state index in [1.165, 1.54) is 17.4 Å². The Morgan fingerprint density at radius 2 is 2.04 bits per heavy atom. The molecule has 0 radical (unpaired) electrons. The number of hydrogen-bond donors (Lipinski definition) is 0. The highest BCUT2D eigenvalue weighted by Crippen LogP contribution is 2.23. The number of carbonyl (C=O) groups excluding carboxylic acids is 1. The van der Waals surface area contributed by atoms with E-state index in [-0.39, 0.29) is 5.78 Å². The van der Waals surface area contributed by atoms with Crippen molar-refractivity contribution < 1.29 is 13.9 Å². The molecule has 0 unspecified atom stereocenters. The summed E-state index contributed by atoms with van der Waals surface area (Å²) in [6.07, 6.45) is 3.13. The number of ketones is 1. The number of rotatable bonds is 6. The van der Waals surface area contributed by atoms with E-state index in [1.807, 2.05) is 43.3 Å². The van der Waals surface area contributed by atoms with Gasteiger partial charge in [-0.3, -0.25) is 4.79 Å². The summed E-state index contributed by atoms with van der Waals surface area (Å²) in [7, 11) is 0. The van der Waals surface area contributed by atoms with Crippen molar-refractivity contribution in [2.75, 3.05) is 0 Å². The standard InChI is InChI=1S/C19H15ClO3S/c1-13-4-2-3-5-17(13)22-12-15-7-6-14(23-15)8-9-16(21)18-10-11-19(20)24-18/h2-11H,12H2,1H3/b9-8+. The van der Waals surface area contributed by atoms with Crippen molar-refractivity contribution in [1.82, 2.24) is 0 Å². The molecule has 3 rings (SSSR count). The molecule has 0 aliphatic heterocycles. The normalized spacial score (nSPS) is 11.1. The molecule has 0 bridgehead atoms. The van der Waals surface area contributed by atoms with Crippen molar-refractivity contribution in [3.05, 3.63) is 80.9 Å². The first-order valence-electron chi connectivity index (χ1n) is 7.37. The Balaban J connectivity index is 1.60. The third-order valence-corrected chi connectivity index (χ3v) is 4.61. The molecule has 3 nitrogen and oxygen atoms in total. The maximum atomic E-state index is 12.0. The minimum absolute atomic E-state index is 0.0963. The lowest BCUT2D eigenvalue weighted by atomic mass is 10.2. The lowest BCUT2D eigenvalue weighted by Gasteiger charge is -2.06. The zero-order chi connectivity index (χ0) is 16.9. The van der Waals surface area contributed by atoms with E-state index >= 15 is 0 Å². The van der Waals surface area contributed by atoms with Gasteiger partial charge in [-0.05, 0) is 55.0 Å². The van der Waals surface area contributed by atoms with Gasteiger partial charge in [0.05, 0.1) is 9.21 Å². The highest BCUT2D eigenvalue weighted by molar-refractivity contribution is 7.18. The maximum Gasteiger partial charge on any atom is 0.195 e. The molecule has 0 amide bonds. The second-order valence-electron chi connectivity index (χ2n) is 5.16. The van der Waals surface area contributed by atoms with Gasteiger partial charge in [-0.2, -0.15) is 0 Å². The minimum atomic E-state index is -0.0963. The number of allylic oxidation sites excluding steroid dienone is 1. The molecule has 122 valence electrons. The van der Waals surface area contributed by atoms with Crippen molar-refractivity contribution >= 4 is 34.8 Å². The van der Waals surface area contributed by atoms with Crippen molar-refractivity contribution in [1.29, 1.82) is 0 Å². The Hall–Kier alpha value is -2.30. The topological polar surface area (TPSA) is 39.4 Å². The Morgan fingerprint density at radius 3 is 2.79 bits per heavy atom. The van der Waals surface area contributed by atoms with Crippen LogP contribution in [-0.2, 0) is 6.61 Å². The fourth-order valence-corrected chi connectivity index (χ4v) is 3.08. The molecule has 0 aliphatic rings. The Kier molecular flexibility index (Phi) is 5.18. The first-order chi connectivity index (χ1) is 11.6. The second kappa shape index (κ2) is 7.51. The third-order valence-electron chi connectivity index (χ3n) is 3.36.